The lowest BCUT2D eigenvalue weighted by Gasteiger charge is -2.13. The predicted octanol–water partition coefficient (Wildman–Crippen LogP) is 5.53. The van der Waals surface area contributed by atoms with E-state index in [-0.39, 0.29) is 0 Å². The number of fused-ring (bicyclic) bond motifs is 1. The quantitative estimate of drug-likeness (QED) is 0.350. The molecule has 7 heteroatoms. The van der Waals surface area contributed by atoms with Gasteiger partial charge in [-0.05, 0) is 48.5 Å². The highest BCUT2D eigenvalue weighted by Gasteiger charge is 2.17. The summed E-state index contributed by atoms with van der Waals surface area (Å²) in [4.78, 5) is 31.9. The molecule has 166 valence electrons. The molecule has 0 unspecified atom stereocenters. The number of esters is 1. The van der Waals surface area contributed by atoms with E-state index >= 15 is 0 Å². The molecule has 0 spiro atoms. The van der Waals surface area contributed by atoms with Crippen molar-refractivity contribution in [3.8, 4) is 11.3 Å². The van der Waals surface area contributed by atoms with Crippen molar-refractivity contribution in [3.05, 3.63) is 88.9 Å². The number of hydrogen-bond acceptors (Lipinski definition) is 5. The highest BCUT2D eigenvalue weighted by molar-refractivity contribution is 9.10. The third-order valence-electron chi connectivity index (χ3n) is 5.06. The van der Waals surface area contributed by atoms with Crippen LogP contribution in [0, 0.1) is 0 Å². The van der Waals surface area contributed by atoms with Gasteiger partial charge in [-0.15, -0.1) is 0 Å². The van der Waals surface area contributed by atoms with Crippen molar-refractivity contribution in [1.29, 1.82) is 0 Å². The van der Waals surface area contributed by atoms with Crippen LogP contribution in [0.1, 0.15) is 10.4 Å². The smallest absolute Gasteiger partial charge is 0.339 e. The fourth-order valence-corrected chi connectivity index (χ4v) is 3.79. The minimum Gasteiger partial charge on any atom is -0.452 e. The van der Waals surface area contributed by atoms with Gasteiger partial charge in [-0.2, -0.15) is 0 Å². The first-order valence-corrected chi connectivity index (χ1v) is 11.1. The van der Waals surface area contributed by atoms with Gasteiger partial charge in [0.1, 0.15) is 0 Å². The van der Waals surface area contributed by atoms with Crippen molar-refractivity contribution in [1.82, 2.24) is 4.98 Å². The van der Waals surface area contributed by atoms with Crippen molar-refractivity contribution < 1.29 is 14.3 Å². The van der Waals surface area contributed by atoms with E-state index < -0.39 is 18.5 Å². The minimum absolute atomic E-state index is 0.360. The number of ether oxygens (including phenoxy) is 1. The lowest BCUT2D eigenvalue weighted by Crippen LogP contribution is -2.21. The number of pyridine rings is 1. The zero-order chi connectivity index (χ0) is 23.4. The second-order valence-electron chi connectivity index (χ2n) is 7.65. The summed E-state index contributed by atoms with van der Waals surface area (Å²) < 4.78 is 6.26. The van der Waals surface area contributed by atoms with E-state index in [2.05, 4.69) is 26.2 Å². The monoisotopic (exact) mass is 503 g/mol. The zero-order valence-electron chi connectivity index (χ0n) is 18.2. The Morgan fingerprint density at radius 1 is 0.970 bits per heavy atom. The number of hydrogen-bond donors (Lipinski definition) is 1. The van der Waals surface area contributed by atoms with Gasteiger partial charge in [-0.3, -0.25) is 4.79 Å². The first-order valence-electron chi connectivity index (χ1n) is 10.3. The fraction of sp³-hybridized carbons (Fsp3) is 0.115. The molecular formula is C26H22BrN3O3. The molecule has 0 fully saturated rings. The first kappa shape index (κ1) is 22.5. The molecule has 0 aliphatic carbocycles. The molecule has 4 rings (SSSR count). The summed E-state index contributed by atoms with van der Waals surface area (Å²) in [5.41, 5.74) is 4.19. The number of anilines is 2. The highest BCUT2D eigenvalue weighted by Crippen LogP contribution is 2.27. The van der Waals surface area contributed by atoms with Gasteiger partial charge >= 0.3 is 5.97 Å². The van der Waals surface area contributed by atoms with Crippen LogP contribution in [0.15, 0.2) is 83.3 Å². The van der Waals surface area contributed by atoms with Crippen LogP contribution in [-0.2, 0) is 9.53 Å². The van der Waals surface area contributed by atoms with E-state index in [1.807, 2.05) is 79.7 Å². The van der Waals surface area contributed by atoms with Crippen LogP contribution in [-0.4, -0.2) is 37.6 Å². The normalized spacial score (nSPS) is 10.6. The number of benzene rings is 3. The van der Waals surface area contributed by atoms with Gasteiger partial charge in [0.15, 0.2) is 6.61 Å². The number of amides is 1. The van der Waals surface area contributed by atoms with Crippen molar-refractivity contribution >= 4 is 50.1 Å². The Balaban J connectivity index is 1.52. The van der Waals surface area contributed by atoms with Gasteiger partial charge in [-0.1, -0.05) is 46.3 Å². The van der Waals surface area contributed by atoms with Crippen molar-refractivity contribution in [2.24, 2.45) is 0 Å². The van der Waals surface area contributed by atoms with Gasteiger partial charge in [0.05, 0.1) is 16.8 Å². The van der Waals surface area contributed by atoms with Gasteiger partial charge in [0, 0.05) is 40.9 Å². The second-order valence-corrected chi connectivity index (χ2v) is 8.56. The third-order valence-corrected chi connectivity index (χ3v) is 5.55. The Morgan fingerprint density at radius 3 is 2.45 bits per heavy atom. The minimum atomic E-state index is -0.581. The number of rotatable bonds is 6. The van der Waals surface area contributed by atoms with E-state index in [4.69, 9.17) is 4.74 Å². The number of para-hydroxylation sites is 1. The molecule has 4 aromatic rings. The maximum atomic E-state index is 12.9. The van der Waals surface area contributed by atoms with Crippen LogP contribution in [0.5, 0.6) is 0 Å². The van der Waals surface area contributed by atoms with Crippen LogP contribution in [0.25, 0.3) is 22.2 Å². The molecule has 0 aliphatic heterocycles. The summed E-state index contributed by atoms with van der Waals surface area (Å²) in [5, 5.41) is 3.41. The summed E-state index contributed by atoms with van der Waals surface area (Å²) >= 11 is 3.47. The van der Waals surface area contributed by atoms with Gasteiger partial charge in [0.25, 0.3) is 5.91 Å². The lowest BCUT2D eigenvalue weighted by atomic mass is 10.0. The summed E-state index contributed by atoms with van der Waals surface area (Å²) in [6.07, 6.45) is 0. The van der Waals surface area contributed by atoms with Crippen molar-refractivity contribution in [2.45, 2.75) is 0 Å². The predicted molar refractivity (Wildman–Crippen MR) is 135 cm³/mol. The SMILES string of the molecule is CN(C)c1ccc(NC(=O)COC(=O)c2cc(-c3cccc(Br)c3)nc3ccccc23)cc1. The molecule has 0 bridgehead atoms. The Labute approximate surface area is 200 Å². The molecule has 1 aromatic heterocycles. The summed E-state index contributed by atoms with van der Waals surface area (Å²) in [5.74, 6) is -0.991. The summed E-state index contributed by atoms with van der Waals surface area (Å²) in [6.45, 7) is -0.392. The van der Waals surface area contributed by atoms with E-state index in [0.29, 0.717) is 27.8 Å². The number of nitrogens with zero attached hydrogens (tertiary/aromatic N) is 2. The summed E-state index contributed by atoms with van der Waals surface area (Å²) in [7, 11) is 3.88. The molecule has 1 amide bonds. The molecule has 0 saturated heterocycles. The standard InChI is InChI=1S/C26H22BrN3O3/c1-30(2)20-12-10-19(11-13-20)28-25(31)16-33-26(32)22-15-24(17-6-5-7-18(27)14-17)29-23-9-4-3-8-21(22)23/h3-15H,16H2,1-2H3,(H,28,31). The third kappa shape index (κ3) is 5.38. The largest absolute Gasteiger partial charge is 0.452 e. The van der Waals surface area contributed by atoms with Crippen molar-refractivity contribution in [2.75, 3.05) is 30.9 Å². The number of carbonyl (C=O) groups is 2. The Hall–Kier alpha value is -3.71. The number of carbonyl (C=O) groups excluding carboxylic acids is 2. The number of halogens is 1. The zero-order valence-corrected chi connectivity index (χ0v) is 19.8. The maximum absolute atomic E-state index is 12.9. The molecular weight excluding hydrogens is 482 g/mol. The van der Waals surface area contributed by atoms with Crippen molar-refractivity contribution in [3.63, 3.8) is 0 Å². The van der Waals surface area contributed by atoms with Crippen LogP contribution >= 0.6 is 15.9 Å². The van der Waals surface area contributed by atoms with Gasteiger partial charge < -0.3 is 15.0 Å². The number of aromatic nitrogens is 1. The van der Waals surface area contributed by atoms with Crippen LogP contribution in [0.3, 0.4) is 0 Å². The molecule has 0 saturated carbocycles. The lowest BCUT2D eigenvalue weighted by molar-refractivity contribution is -0.119. The molecule has 0 atom stereocenters. The Kier molecular flexibility index (Phi) is 6.70. The maximum Gasteiger partial charge on any atom is 0.339 e. The van der Waals surface area contributed by atoms with E-state index in [9.17, 15) is 9.59 Å². The first-order chi connectivity index (χ1) is 15.9. The molecule has 3 aromatic carbocycles. The average Bonchev–Trinajstić information content (AvgIpc) is 2.82. The second kappa shape index (κ2) is 9.83. The Morgan fingerprint density at radius 2 is 1.73 bits per heavy atom. The summed E-state index contributed by atoms with van der Waals surface area (Å²) in [6, 6.07) is 24.1. The van der Waals surface area contributed by atoms with Gasteiger partial charge in [0.2, 0.25) is 0 Å². The topological polar surface area (TPSA) is 71.5 Å². The van der Waals surface area contributed by atoms with E-state index in [1.165, 1.54) is 0 Å². The van der Waals surface area contributed by atoms with Crippen LogP contribution < -0.4 is 10.2 Å². The van der Waals surface area contributed by atoms with E-state index in [0.717, 1.165) is 15.7 Å². The highest BCUT2D eigenvalue weighted by atomic mass is 79.9. The average molecular weight is 504 g/mol. The molecule has 0 radical (unpaired) electrons. The number of nitrogens with one attached hydrogen (secondary N) is 1. The molecule has 6 nitrogen and oxygen atoms in total. The molecule has 1 N–H and O–H groups in total. The molecule has 0 aliphatic rings. The Bertz CT molecular complexity index is 1320. The fourth-order valence-electron chi connectivity index (χ4n) is 3.39. The van der Waals surface area contributed by atoms with Crippen LogP contribution in [0.4, 0.5) is 11.4 Å². The molecule has 1 heterocycles. The molecule has 33 heavy (non-hydrogen) atoms. The van der Waals surface area contributed by atoms with Gasteiger partial charge in [-0.25, -0.2) is 9.78 Å². The van der Waals surface area contributed by atoms with E-state index in [1.54, 1.807) is 18.2 Å². The van der Waals surface area contributed by atoms with Crippen LogP contribution in [0.2, 0.25) is 0 Å².